The molecule has 0 saturated carbocycles. The van der Waals surface area contributed by atoms with Crippen LogP contribution >= 0.6 is 23.4 Å². The van der Waals surface area contributed by atoms with Gasteiger partial charge in [0.25, 0.3) is 0 Å². The van der Waals surface area contributed by atoms with Gasteiger partial charge in [-0.05, 0) is 29.5 Å². The van der Waals surface area contributed by atoms with E-state index in [1.54, 1.807) is 7.11 Å². The Kier molecular flexibility index (Phi) is 3.60. The van der Waals surface area contributed by atoms with Crippen molar-refractivity contribution in [1.29, 1.82) is 0 Å². The third-order valence-corrected chi connectivity index (χ3v) is 3.81. The van der Waals surface area contributed by atoms with Crippen molar-refractivity contribution in [2.24, 2.45) is 0 Å². The Morgan fingerprint density at radius 1 is 1.47 bits per heavy atom. The molecule has 0 saturated heterocycles. The van der Waals surface area contributed by atoms with Gasteiger partial charge in [0.1, 0.15) is 5.75 Å². The minimum Gasteiger partial charge on any atom is -0.496 e. The fourth-order valence-electron chi connectivity index (χ4n) is 1.82. The number of rotatable bonds is 3. The van der Waals surface area contributed by atoms with Crippen molar-refractivity contribution in [3.05, 3.63) is 34.7 Å². The topological polar surface area (TPSA) is 9.23 Å². The van der Waals surface area contributed by atoms with Crippen molar-refractivity contribution in [1.82, 2.24) is 0 Å². The summed E-state index contributed by atoms with van der Waals surface area (Å²) in [5.74, 6) is 1.66. The molecule has 1 aliphatic rings. The summed E-state index contributed by atoms with van der Waals surface area (Å²) in [7, 11) is 1.72. The third kappa shape index (κ3) is 2.16. The number of fused-ring (bicyclic) bond motifs is 1. The number of hydrogen-bond acceptors (Lipinski definition) is 2. The molecular formula is C12H13ClOS. The summed E-state index contributed by atoms with van der Waals surface area (Å²) in [6.45, 7) is 0. The molecule has 0 radical (unpaired) electrons. The molecule has 1 atom stereocenters. The Balaban J connectivity index is 2.43. The zero-order chi connectivity index (χ0) is 10.7. The maximum Gasteiger partial charge on any atom is 0.123 e. The lowest BCUT2D eigenvalue weighted by molar-refractivity contribution is 0.409. The number of halogens is 1. The van der Waals surface area contributed by atoms with Crippen LogP contribution in [0.4, 0.5) is 0 Å². The lowest BCUT2D eigenvalue weighted by Gasteiger charge is -2.22. The molecule has 3 heteroatoms. The number of methoxy groups -OCH3 is 1. The third-order valence-electron chi connectivity index (χ3n) is 2.50. The second-order valence-electron chi connectivity index (χ2n) is 3.37. The first-order chi connectivity index (χ1) is 7.36. The van der Waals surface area contributed by atoms with E-state index in [2.05, 4.69) is 17.6 Å². The van der Waals surface area contributed by atoms with Gasteiger partial charge in [-0.15, -0.1) is 23.4 Å². The number of benzene rings is 1. The van der Waals surface area contributed by atoms with Gasteiger partial charge >= 0.3 is 0 Å². The largest absolute Gasteiger partial charge is 0.496 e. The van der Waals surface area contributed by atoms with E-state index in [0.29, 0.717) is 11.1 Å². The first-order valence-corrected chi connectivity index (χ1v) is 6.39. The molecular weight excluding hydrogens is 228 g/mol. The molecule has 1 nitrogen and oxygen atoms in total. The number of alkyl halides is 1. The van der Waals surface area contributed by atoms with Crippen LogP contribution in [-0.4, -0.2) is 13.0 Å². The zero-order valence-corrected chi connectivity index (χ0v) is 10.1. The predicted octanol–water partition coefficient (Wildman–Crippen LogP) is 4.08. The van der Waals surface area contributed by atoms with Gasteiger partial charge in [0.2, 0.25) is 0 Å². The van der Waals surface area contributed by atoms with Crippen LogP contribution < -0.4 is 4.74 Å². The second kappa shape index (κ2) is 4.95. The van der Waals surface area contributed by atoms with E-state index in [9.17, 15) is 0 Å². The molecule has 1 aliphatic heterocycles. The monoisotopic (exact) mass is 240 g/mol. The van der Waals surface area contributed by atoms with Crippen LogP contribution in [0, 0.1) is 0 Å². The van der Waals surface area contributed by atoms with E-state index in [1.807, 2.05) is 23.9 Å². The normalized spacial score (nSPS) is 18.7. The summed E-state index contributed by atoms with van der Waals surface area (Å²) in [5, 5.41) is 2.57. The van der Waals surface area contributed by atoms with E-state index in [1.165, 1.54) is 11.1 Å². The van der Waals surface area contributed by atoms with E-state index in [-0.39, 0.29) is 0 Å². The lowest BCUT2D eigenvalue weighted by Crippen LogP contribution is -2.03. The maximum absolute atomic E-state index is 5.82. The van der Waals surface area contributed by atoms with Crippen LogP contribution in [0.25, 0.3) is 6.08 Å². The van der Waals surface area contributed by atoms with Crippen LogP contribution in [0.5, 0.6) is 5.75 Å². The van der Waals surface area contributed by atoms with Gasteiger partial charge in [-0.25, -0.2) is 0 Å². The van der Waals surface area contributed by atoms with Crippen molar-refractivity contribution >= 4 is 29.4 Å². The molecule has 15 heavy (non-hydrogen) atoms. The molecule has 0 amide bonds. The molecule has 0 aliphatic carbocycles. The van der Waals surface area contributed by atoms with Crippen LogP contribution in [-0.2, 0) is 0 Å². The van der Waals surface area contributed by atoms with Crippen LogP contribution in [0.1, 0.15) is 22.8 Å². The Labute approximate surface area is 99.5 Å². The smallest absolute Gasteiger partial charge is 0.123 e. The van der Waals surface area contributed by atoms with E-state index in [4.69, 9.17) is 16.3 Å². The molecule has 0 fully saturated rings. The summed E-state index contributed by atoms with van der Waals surface area (Å²) in [4.78, 5) is 0. The van der Waals surface area contributed by atoms with Gasteiger partial charge in [0.15, 0.2) is 0 Å². The first kappa shape index (κ1) is 10.9. The molecule has 1 unspecified atom stereocenters. The maximum atomic E-state index is 5.82. The van der Waals surface area contributed by atoms with E-state index < -0.39 is 0 Å². The predicted molar refractivity (Wildman–Crippen MR) is 67.7 cm³/mol. The zero-order valence-electron chi connectivity index (χ0n) is 8.57. The minimum atomic E-state index is 0.429. The highest BCUT2D eigenvalue weighted by molar-refractivity contribution is 8.02. The van der Waals surface area contributed by atoms with Gasteiger partial charge in [-0.2, -0.15) is 0 Å². The van der Waals surface area contributed by atoms with Crippen molar-refractivity contribution in [2.75, 3.05) is 13.0 Å². The molecule has 1 aromatic rings. The summed E-state index contributed by atoms with van der Waals surface area (Å²) in [6.07, 6.45) is 3.11. The average Bonchev–Trinajstić information content (AvgIpc) is 2.29. The fraction of sp³-hybridized carbons (Fsp3) is 0.333. The molecule has 80 valence electrons. The van der Waals surface area contributed by atoms with Crippen LogP contribution in [0.2, 0.25) is 0 Å². The van der Waals surface area contributed by atoms with Gasteiger partial charge in [0, 0.05) is 16.7 Å². The van der Waals surface area contributed by atoms with Crippen molar-refractivity contribution in [2.45, 2.75) is 11.7 Å². The first-order valence-electron chi connectivity index (χ1n) is 4.91. The number of ether oxygens (including phenoxy) is 1. The van der Waals surface area contributed by atoms with E-state index in [0.717, 1.165) is 12.2 Å². The summed E-state index contributed by atoms with van der Waals surface area (Å²) >= 11 is 7.63. The quantitative estimate of drug-likeness (QED) is 0.737. The molecule has 1 aromatic carbocycles. The Morgan fingerprint density at radius 2 is 2.33 bits per heavy atom. The average molecular weight is 241 g/mol. The summed E-state index contributed by atoms with van der Waals surface area (Å²) in [6, 6.07) is 6.16. The van der Waals surface area contributed by atoms with Crippen molar-refractivity contribution < 1.29 is 4.74 Å². The highest BCUT2D eigenvalue weighted by atomic mass is 35.5. The van der Waals surface area contributed by atoms with Gasteiger partial charge < -0.3 is 4.74 Å². The van der Waals surface area contributed by atoms with Crippen molar-refractivity contribution in [3.63, 3.8) is 0 Å². The SMILES string of the molecule is COc1cccc2c1C(CCCl)SC=C2. The van der Waals surface area contributed by atoms with Crippen LogP contribution in [0.3, 0.4) is 0 Å². The molecule has 0 spiro atoms. The lowest BCUT2D eigenvalue weighted by atomic mass is 10.0. The molecule has 0 N–H and O–H groups in total. The number of hydrogen-bond donors (Lipinski definition) is 0. The van der Waals surface area contributed by atoms with Crippen LogP contribution in [0.15, 0.2) is 23.6 Å². The highest BCUT2D eigenvalue weighted by Crippen LogP contribution is 2.44. The Bertz CT molecular complexity index is 376. The number of thioether (sulfide) groups is 1. The summed E-state index contributed by atoms with van der Waals surface area (Å²) in [5.41, 5.74) is 2.54. The minimum absolute atomic E-state index is 0.429. The van der Waals surface area contributed by atoms with Crippen molar-refractivity contribution in [3.8, 4) is 5.75 Å². The standard InChI is InChI=1S/C12H13ClOS/c1-14-10-4-2-3-9-6-8-15-11(5-7-13)12(9)10/h2-4,6,8,11H,5,7H2,1H3. The molecule has 2 rings (SSSR count). The molecule has 0 bridgehead atoms. The molecule has 0 aromatic heterocycles. The Morgan fingerprint density at radius 3 is 3.07 bits per heavy atom. The van der Waals surface area contributed by atoms with Gasteiger partial charge in [-0.1, -0.05) is 12.1 Å². The Hall–Kier alpha value is -0.600. The van der Waals surface area contributed by atoms with E-state index >= 15 is 0 Å². The second-order valence-corrected chi connectivity index (χ2v) is 4.86. The molecule has 1 heterocycles. The summed E-state index contributed by atoms with van der Waals surface area (Å²) < 4.78 is 5.40. The fourth-order valence-corrected chi connectivity index (χ4v) is 3.22. The van der Waals surface area contributed by atoms with Gasteiger partial charge in [-0.3, -0.25) is 0 Å². The highest BCUT2D eigenvalue weighted by Gasteiger charge is 2.20. The van der Waals surface area contributed by atoms with Gasteiger partial charge in [0.05, 0.1) is 7.11 Å².